The number of carbonyl (C=O) groups excluding carboxylic acids is 2. The van der Waals surface area contributed by atoms with Gasteiger partial charge in [0.05, 0.1) is 7.11 Å². The molecule has 0 aliphatic heterocycles. The highest BCUT2D eigenvalue weighted by molar-refractivity contribution is 6.24. The molecule has 0 N–H and O–H groups in total. The summed E-state index contributed by atoms with van der Waals surface area (Å²) in [6.45, 7) is 0. The minimum atomic E-state index is -0.652. The molecule has 0 spiro atoms. The van der Waals surface area contributed by atoms with Gasteiger partial charge in [0.15, 0.2) is 0 Å². The number of hydrogen-bond acceptors (Lipinski definition) is 5. The van der Waals surface area contributed by atoms with Gasteiger partial charge in [0, 0.05) is 38.3 Å². The second kappa shape index (κ2) is 5.79. The number of Topliss-reactive ketones (excluding diaryl/α,β-unsaturated/α-hetero) is 1. The molecule has 17 heavy (non-hydrogen) atoms. The monoisotopic (exact) mass is 234 g/mol. The summed E-state index contributed by atoms with van der Waals surface area (Å²) < 4.78 is 4.59. The molecule has 0 aromatic carbocycles. The number of pyridine rings is 1. The summed E-state index contributed by atoms with van der Waals surface area (Å²) in [6, 6.07) is 3.10. The summed E-state index contributed by atoms with van der Waals surface area (Å²) in [5, 5.41) is 0. The summed E-state index contributed by atoms with van der Waals surface area (Å²) >= 11 is 0. The van der Waals surface area contributed by atoms with Crippen LogP contribution >= 0.6 is 0 Å². The number of ketones is 1. The molecule has 0 saturated carbocycles. The lowest BCUT2D eigenvalue weighted by atomic mass is 10.1. The number of aromatic nitrogens is 1. The summed E-state index contributed by atoms with van der Waals surface area (Å²) in [6.07, 6.45) is 4.43. The van der Waals surface area contributed by atoms with Gasteiger partial charge < -0.3 is 9.64 Å². The number of esters is 1. The smallest absolute Gasteiger partial charge is 0.343 e. The quantitative estimate of drug-likeness (QED) is 0.254. The van der Waals surface area contributed by atoms with Crippen molar-refractivity contribution in [3.63, 3.8) is 0 Å². The van der Waals surface area contributed by atoms with Crippen LogP contribution in [0.3, 0.4) is 0 Å². The number of rotatable bonds is 4. The van der Waals surface area contributed by atoms with E-state index in [1.54, 1.807) is 31.1 Å². The van der Waals surface area contributed by atoms with Gasteiger partial charge in [-0.1, -0.05) is 0 Å². The van der Waals surface area contributed by atoms with E-state index in [-0.39, 0.29) is 11.4 Å². The highest BCUT2D eigenvalue weighted by Crippen LogP contribution is 2.09. The summed E-state index contributed by atoms with van der Waals surface area (Å²) in [5.74, 6) is -1.03. The molecule has 90 valence electrons. The van der Waals surface area contributed by atoms with Gasteiger partial charge >= 0.3 is 5.97 Å². The predicted octanol–water partition coefficient (Wildman–Crippen LogP) is 0.883. The van der Waals surface area contributed by atoms with Gasteiger partial charge in [-0.05, 0) is 12.1 Å². The zero-order valence-corrected chi connectivity index (χ0v) is 10.0. The molecule has 0 amide bonds. The lowest BCUT2D eigenvalue weighted by Crippen LogP contribution is -2.18. The fraction of sp³-hybridized carbons (Fsp3) is 0.250. The fourth-order valence-electron chi connectivity index (χ4n) is 1.23. The normalized spacial score (nSPS) is 10.9. The second-order valence-corrected chi connectivity index (χ2v) is 3.56. The molecule has 0 atom stereocenters. The zero-order chi connectivity index (χ0) is 12.8. The molecular formula is C12H14N2O3. The van der Waals surface area contributed by atoms with Crippen molar-refractivity contribution in [2.45, 2.75) is 0 Å². The molecule has 0 unspecified atom stereocenters. The van der Waals surface area contributed by atoms with Crippen molar-refractivity contribution in [1.82, 2.24) is 9.88 Å². The Labute approximate surface area is 99.7 Å². The Morgan fingerprint density at radius 3 is 2.35 bits per heavy atom. The number of hydrogen-bond donors (Lipinski definition) is 0. The van der Waals surface area contributed by atoms with E-state index in [9.17, 15) is 9.59 Å². The van der Waals surface area contributed by atoms with E-state index in [4.69, 9.17) is 0 Å². The minimum absolute atomic E-state index is 0.0105. The van der Waals surface area contributed by atoms with Gasteiger partial charge in [-0.3, -0.25) is 9.78 Å². The van der Waals surface area contributed by atoms with E-state index in [0.29, 0.717) is 5.56 Å². The fourth-order valence-corrected chi connectivity index (χ4v) is 1.23. The largest absolute Gasteiger partial charge is 0.465 e. The molecule has 0 bridgehead atoms. The maximum absolute atomic E-state index is 12.1. The maximum atomic E-state index is 12.1. The van der Waals surface area contributed by atoms with Crippen LogP contribution in [0.25, 0.3) is 0 Å². The van der Waals surface area contributed by atoms with E-state index in [0.717, 1.165) is 0 Å². The van der Waals surface area contributed by atoms with Gasteiger partial charge in [0.25, 0.3) is 0 Å². The Bertz CT molecular complexity index is 438. The van der Waals surface area contributed by atoms with Crippen LogP contribution in [0, 0.1) is 0 Å². The van der Waals surface area contributed by atoms with E-state index >= 15 is 0 Å². The Kier molecular flexibility index (Phi) is 4.39. The first-order valence-corrected chi connectivity index (χ1v) is 4.97. The predicted molar refractivity (Wildman–Crippen MR) is 62.4 cm³/mol. The summed E-state index contributed by atoms with van der Waals surface area (Å²) in [7, 11) is 4.69. The summed E-state index contributed by atoms with van der Waals surface area (Å²) in [4.78, 5) is 29.0. The Hall–Kier alpha value is -2.17. The van der Waals surface area contributed by atoms with Crippen molar-refractivity contribution in [2.75, 3.05) is 21.2 Å². The van der Waals surface area contributed by atoms with Crippen LogP contribution in [0.2, 0.25) is 0 Å². The van der Waals surface area contributed by atoms with Crippen LogP contribution in [0.4, 0.5) is 0 Å². The van der Waals surface area contributed by atoms with Gasteiger partial charge in [-0.15, -0.1) is 0 Å². The van der Waals surface area contributed by atoms with Gasteiger partial charge in [-0.25, -0.2) is 4.79 Å². The van der Waals surface area contributed by atoms with Crippen LogP contribution < -0.4 is 0 Å². The third-order valence-electron chi connectivity index (χ3n) is 1.98. The van der Waals surface area contributed by atoms with E-state index in [1.807, 2.05) is 0 Å². The third kappa shape index (κ3) is 3.41. The molecule has 1 heterocycles. The van der Waals surface area contributed by atoms with Crippen LogP contribution in [0.15, 0.2) is 36.3 Å². The first-order chi connectivity index (χ1) is 8.06. The molecule has 0 saturated heterocycles. The average molecular weight is 234 g/mol. The molecule has 0 fully saturated rings. The van der Waals surface area contributed by atoms with E-state index in [2.05, 4.69) is 9.72 Å². The van der Waals surface area contributed by atoms with Crippen molar-refractivity contribution in [3.8, 4) is 0 Å². The maximum Gasteiger partial charge on any atom is 0.343 e. The highest BCUT2D eigenvalue weighted by Gasteiger charge is 2.20. The lowest BCUT2D eigenvalue weighted by Gasteiger charge is -2.09. The van der Waals surface area contributed by atoms with Crippen LogP contribution in [0.5, 0.6) is 0 Å². The van der Waals surface area contributed by atoms with Crippen molar-refractivity contribution < 1.29 is 14.3 Å². The Morgan fingerprint density at radius 2 is 1.88 bits per heavy atom. The number of carbonyl (C=O) groups is 2. The Balaban J connectivity index is 3.08. The summed E-state index contributed by atoms with van der Waals surface area (Å²) in [5.41, 5.74) is 0.391. The van der Waals surface area contributed by atoms with Crippen LogP contribution in [-0.2, 0) is 9.53 Å². The molecule has 1 rings (SSSR count). The van der Waals surface area contributed by atoms with Gasteiger partial charge in [0.2, 0.25) is 5.78 Å². The molecular weight excluding hydrogens is 220 g/mol. The minimum Gasteiger partial charge on any atom is -0.465 e. The van der Waals surface area contributed by atoms with Gasteiger partial charge in [-0.2, -0.15) is 0 Å². The van der Waals surface area contributed by atoms with Gasteiger partial charge in [0.1, 0.15) is 5.57 Å². The Morgan fingerprint density at radius 1 is 1.29 bits per heavy atom. The lowest BCUT2D eigenvalue weighted by molar-refractivity contribution is -0.135. The van der Waals surface area contributed by atoms with Crippen molar-refractivity contribution >= 4 is 11.8 Å². The molecule has 1 aromatic rings. The van der Waals surface area contributed by atoms with Crippen LogP contribution in [-0.4, -0.2) is 42.8 Å². The highest BCUT2D eigenvalue weighted by atomic mass is 16.5. The molecule has 0 aliphatic carbocycles. The molecule has 0 aliphatic rings. The van der Waals surface area contributed by atoms with E-state index in [1.165, 1.54) is 25.7 Å². The van der Waals surface area contributed by atoms with E-state index < -0.39 is 5.97 Å². The first-order valence-electron chi connectivity index (χ1n) is 4.97. The molecule has 5 nitrogen and oxygen atoms in total. The zero-order valence-electron chi connectivity index (χ0n) is 10.0. The second-order valence-electron chi connectivity index (χ2n) is 3.56. The number of methoxy groups -OCH3 is 1. The van der Waals surface area contributed by atoms with Crippen molar-refractivity contribution in [1.29, 1.82) is 0 Å². The van der Waals surface area contributed by atoms with Crippen molar-refractivity contribution in [2.24, 2.45) is 0 Å². The SMILES string of the molecule is COC(=O)/C(=C\N(C)C)C(=O)c1ccncc1. The van der Waals surface area contributed by atoms with Crippen molar-refractivity contribution in [3.05, 3.63) is 41.9 Å². The molecule has 5 heteroatoms. The topological polar surface area (TPSA) is 59.5 Å². The average Bonchev–Trinajstić information content (AvgIpc) is 2.35. The number of ether oxygens (including phenoxy) is 1. The third-order valence-corrected chi connectivity index (χ3v) is 1.98. The standard InChI is InChI=1S/C12H14N2O3/c1-14(2)8-10(12(16)17-3)11(15)9-4-6-13-7-5-9/h4-8H,1-3H3/b10-8-. The first kappa shape index (κ1) is 12.9. The molecule has 0 radical (unpaired) electrons. The number of nitrogens with zero attached hydrogens (tertiary/aromatic N) is 2. The van der Waals surface area contributed by atoms with Crippen LogP contribution in [0.1, 0.15) is 10.4 Å². The molecule has 1 aromatic heterocycles.